The summed E-state index contributed by atoms with van der Waals surface area (Å²) in [5.74, 6) is -0.658. The molecule has 1 aromatic heterocycles. The molecule has 9 heteroatoms. The van der Waals surface area contributed by atoms with Gasteiger partial charge in [-0.05, 0) is 24.5 Å². The summed E-state index contributed by atoms with van der Waals surface area (Å²) in [4.78, 5) is 44.9. The van der Waals surface area contributed by atoms with Gasteiger partial charge < -0.3 is 10.2 Å². The Bertz CT molecular complexity index is 920. The lowest BCUT2D eigenvalue weighted by atomic mass is 9.81. The van der Waals surface area contributed by atoms with Crippen LogP contribution in [0.3, 0.4) is 0 Å². The Morgan fingerprint density at radius 2 is 1.93 bits per heavy atom. The van der Waals surface area contributed by atoms with Gasteiger partial charge in [-0.3, -0.25) is 14.5 Å². The third-order valence-electron chi connectivity index (χ3n) is 5.88. The Morgan fingerprint density at radius 3 is 2.66 bits per heavy atom. The molecule has 1 aliphatic heterocycles. The first kappa shape index (κ1) is 19.1. The molecule has 1 spiro atoms. The van der Waals surface area contributed by atoms with Crippen LogP contribution in [0, 0.1) is 0 Å². The van der Waals surface area contributed by atoms with Gasteiger partial charge in [0.15, 0.2) is 0 Å². The molecule has 2 aromatic rings. The number of likely N-dealkylation sites (N-methyl/N-ethyl adjacent to an activating group) is 1. The number of nitrogens with one attached hydrogen (secondary N) is 1. The molecule has 1 aromatic carbocycles. The van der Waals surface area contributed by atoms with Gasteiger partial charge in [0.05, 0.1) is 6.54 Å². The molecular formula is C20H24N6O3. The van der Waals surface area contributed by atoms with Crippen LogP contribution < -0.4 is 5.32 Å². The van der Waals surface area contributed by atoms with E-state index < -0.39 is 17.5 Å². The predicted octanol–water partition coefficient (Wildman–Crippen LogP) is 1.86. The third kappa shape index (κ3) is 3.48. The second kappa shape index (κ2) is 7.65. The van der Waals surface area contributed by atoms with Gasteiger partial charge in [0.2, 0.25) is 5.91 Å². The molecule has 0 bridgehead atoms. The number of amides is 4. The molecule has 2 heterocycles. The van der Waals surface area contributed by atoms with Crippen molar-refractivity contribution in [1.29, 1.82) is 0 Å². The smallest absolute Gasteiger partial charge is 0.324 e. The van der Waals surface area contributed by atoms with E-state index in [2.05, 4.69) is 15.4 Å². The van der Waals surface area contributed by atoms with Crippen LogP contribution in [0.5, 0.6) is 0 Å². The Kier molecular flexibility index (Phi) is 5.04. The van der Waals surface area contributed by atoms with E-state index in [-0.39, 0.29) is 12.5 Å². The van der Waals surface area contributed by atoms with Crippen molar-refractivity contribution in [3.8, 4) is 0 Å². The molecule has 0 radical (unpaired) electrons. The van der Waals surface area contributed by atoms with Gasteiger partial charge in [-0.25, -0.2) is 14.5 Å². The molecular weight excluding hydrogens is 372 g/mol. The molecule has 1 saturated carbocycles. The van der Waals surface area contributed by atoms with Gasteiger partial charge in [0.1, 0.15) is 24.7 Å². The minimum Gasteiger partial charge on any atom is -0.324 e. The van der Waals surface area contributed by atoms with Crippen LogP contribution in [0.1, 0.15) is 37.7 Å². The molecule has 1 aliphatic carbocycles. The third-order valence-corrected chi connectivity index (χ3v) is 5.88. The van der Waals surface area contributed by atoms with E-state index in [1.165, 1.54) is 11.2 Å². The van der Waals surface area contributed by atoms with E-state index in [0.717, 1.165) is 29.7 Å². The van der Waals surface area contributed by atoms with Crippen LogP contribution in [-0.2, 0) is 16.1 Å². The number of nitrogens with zero attached hydrogens (tertiary/aromatic N) is 5. The zero-order valence-electron chi connectivity index (χ0n) is 16.4. The number of urea groups is 1. The molecule has 2 fully saturated rings. The van der Waals surface area contributed by atoms with Crippen molar-refractivity contribution < 1.29 is 14.4 Å². The van der Waals surface area contributed by atoms with E-state index in [1.807, 2.05) is 18.2 Å². The van der Waals surface area contributed by atoms with Gasteiger partial charge >= 0.3 is 6.03 Å². The van der Waals surface area contributed by atoms with Gasteiger partial charge in [-0.15, -0.1) is 0 Å². The quantitative estimate of drug-likeness (QED) is 0.778. The number of benzene rings is 1. The van der Waals surface area contributed by atoms with E-state index in [4.69, 9.17) is 0 Å². The maximum atomic E-state index is 13.0. The second-order valence-electron chi connectivity index (χ2n) is 7.62. The van der Waals surface area contributed by atoms with Crippen LogP contribution in [0.15, 0.2) is 36.9 Å². The van der Waals surface area contributed by atoms with E-state index >= 15 is 0 Å². The molecule has 0 unspecified atom stereocenters. The van der Waals surface area contributed by atoms with Crippen LogP contribution >= 0.6 is 0 Å². The largest absolute Gasteiger partial charge is 0.327 e. The lowest BCUT2D eigenvalue weighted by Gasteiger charge is -2.35. The lowest BCUT2D eigenvalue weighted by molar-refractivity contribution is -0.136. The van der Waals surface area contributed by atoms with Crippen molar-refractivity contribution in [3.63, 3.8) is 0 Å². The molecule has 1 N–H and O–H groups in total. The first-order chi connectivity index (χ1) is 14.0. The minimum atomic E-state index is -0.777. The highest BCUT2D eigenvalue weighted by molar-refractivity contribution is 6.10. The number of imide groups is 1. The summed E-state index contributed by atoms with van der Waals surface area (Å²) < 4.78 is 1.65. The van der Waals surface area contributed by atoms with Crippen molar-refractivity contribution in [1.82, 2.24) is 24.6 Å². The monoisotopic (exact) mass is 396 g/mol. The minimum absolute atomic E-state index is 0.254. The highest BCUT2D eigenvalue weighted by Crippen LogP contribution is 2.39. The second-order valence-corrected chi connectivity index (χ2v) is 7.62. The molecule has 152 valence electrons. The molecule has 4 rings (SSSR count). The number of aromatic nitrogens is 3. The highest BCUT2D eigenvalue weighted by atomic mass is 16.2. The molecule has 29 heavy (non-hydrogen) atoms. The first-order valence-electron chi connectivity index (χ1n) is 9.81. The van der Waals surface area contributed by atoms with Gasteiger partial charge in [-0.1, -0.05) is 37.5 Å². The zero-order chi connectivity index (χ0) is 20.4. The number of hydrogen-bond acceptors (Lipinski definition) is 5. The normalized spacial score (nSPS) is 18.5. The average molecular weight is 396 g/mol. The van der Waals surface area contributed by atoms with Gasteiger partial charge in [0.25, 0.3) is 5.91 Å². The molecule has 4 amide bonds. The maximum absolute atomic E-state index is 13.0. The highest BCUT2D eigenvalue weighted by Gasteiger charge is 2.55. The molecule has 9 nitrogen and oxygen atoms in total. The van der Waals surface area contributed by atoms with Crippen molar-refractivity contribution in [2.75, 3.05) is 18.9 Å². The number of para-hydroxylation sites is 1. The molecule has 0 atom stereocenters. The van der Waals surface area contributed by atoms with E-state index in [0.29, 0.717) is 25.1 Å². The molecule has 2 aliphatic rings. The summed E-state index contributed by atoms with van der Waals surface area (Å²) in [5, 5.41) is 6.91. The Balaban J connectivity index is 1.46. The Hall–Kier alpha value is -3.23. The fourth-order valence-corrected chi connectivity index (χ4v) is 4.27. The van der Waals surface area contributed by atoms with Crippen molar-refractivity contribution in [2.24, 2.45) is 0 Å². The number of hydrogen-bond donors (Lipinski definition) is 1. The van der Waals surface area contributed by atoms with Crippen LogP contribution in [0.4, 0.5) is 10.5 Å². The predicted molar refractivity (Wildman–Crippen MR) is 105 cm³/mol. The lowest BCUT2D eigenvalue weighted by Crippen LogP contribution is -2.49. The Morgan fingerprint density at radius 1 is 1.17 bits per heavy atom. The van der Waals surface area contributed by atoms with E-state index in [9.17, 15) is 14.4 Å². The van der Waals surface area contributed by atoms with Gasteiger partial charge in [-0.2, -0.15) is 5.10 Å². The summed E-state index contributed by atoms with van der Waals surface area (Å²) in [6.07, 6.45) is 7.26. The van der Waals surface area contributed by atoms with Crippen LogP contribution in [0.2, 0.25) is 0 Å². The number of carbonyl (C=O) groups is 3. The maximum Gasteiger partial charge on any atom is 0.327 e. The topological polar surface area (TPSA) is 100 Å². The zero-order valence-corrected chi connectivity index (χ0v) is 16.4. The summed E-state index contributed by atoms with van der Waals surface area (Å²) in [5.41, 5.74) is 0.694. The summed E-state index contributed by atoms with van der Waals surface area (Å²) >= 11 is 0. The first-order valence-corrected chi connectivity index (χ1v) is 9.81. The van der Waals surface area contributed by atoms with Crippen LogP contribution in [0.25, 0.3) is 0 Å². The number of carbonyl (C=O) groups excluding carboxylic acids is 3. The van der Waals surface area contributed by atoms with Crippen molar-refractivity contribution >= 4 is 23.5 Å². The SMILES string of the molecule is CN1C(=O)N(CC(=O)Nc2ccccc2Cn2cncn2)C(=O)C12CCCCC2. The van der Waals surface area contributed by atoms with Crippen LogP contribution in [-0.4, -0.2) is 61.5 Å². The standard InChI is InChI=1S/C20H24N6O3/c1-24-19(29)26(18(28)20(24)9-5-2-6-10-20)12-17(27)23-16-8-4-3-7-15(16)11-25-14-21-13-22-25/h3-4,7-8,13-14H,2,5-6,9-12H2,1H3,(H,23,27). The Labute approximate surface area is 168 Å². The summed E-state index contributed by atoms with van der Waals surface area (Å²) in [6.45, 7) is 0.158. The fourth-order valence-electron chi connectivity index (χ4n) is 4.27. The van der Waals surface area contributed by atoms with Crippen molar-refractivity contribution in [3.05, 3.63) is 42.5 Å². The van der Waals surface area contributed by atoms with Crippen molar-refractivity contribution in [2.45, 2.75) is 44.2 Å². The average Bonchev–Trinajstić information content (AvgIpc) is 3.30. The summed E-state index contributed by atoms with van der Waals surface area (Å²) in [7, 11) is 1.66. The number of anilines is 1. The number of rotatable bonds is 5. The summed E-state index contributed by atoms with van der Waals surface area (Å²) in [6, 6.07) is 6.96. The molecule has 1 saturated heterocycles. The van der Waals surface area contributed by atoms with E-state index in [1.54, 1.807) is 24.1 Å². The fraction of sp³-hybridized carbons (Fsp3) is 0.450. The van der Waals surface area contributed by atoms with Gasteiger partial charge in [0, 0.05) is 12.7 Å².